The van der Waals surface area contributed by atoms with Gasteiger partial charge in [-0.15, -0.1) is 0 Å². The molecule has 4 heteroatoms. The zero-order valence-corrected chi connectivity index (χ0v) is 13.7. The number of hydrogen-bond acceptors (Lipinski definition) is 3. The van der Waals surface area contributed by atoms with Gasteiger partial charge in [0.15, 0.2) is 0 Å². The minimum atomic E-state index is -0.0397. The molecule has 0 fully saturated rings. The van der Waals surface area contributed by atoms with Crippen LogP contribution in [0, 0.1) is 0 Å². The molecule has 0 bridgehead atoms. The van der Waals surface area contributed by atoms with Gasteiger partial charge in [0.05, 0.1) is 12.6 Å². The Morgan fingerprint density at radius 3 is 2.65 bits per heavy atom. The van der Waals surface area contributed by atoms with Crippen LogP contribution >= 0.6 is 0 Å². The molecule has 4 nitrogen and oxygen atoms in total. The fourth-order valence-electron chi connectivity index (χ4n) is 2.04. The molecule has 1 atom stereocenters. The van der Waals surface area contributed by atoms with E-state index in [0.29, 0.717) is 6.54 Å². The third-order valence-corrected chi connectivity index (χ3v) is 3.53. The number of carbonyl (C=O) groups is 1. The van der Waals surface area contributed by atoms with Crippen molar-refractivity contribution in [2.75, 3.05) is 11.9 Å². The number of hydrogen-bond donors (Lipinski definition) is 2. The van der Waals surface area contributed by atoms with Crippen LogP contribution in [0.2, 0.25) is 0 Å². The molecule has 0 aromatic heterocycles. The lowest BCUT2D eigenvalue weighted by molar-refractivity contribution is -0.119. The van der Waals surface area contributed by atoms with Crippen molar-refractivity contribution in [2.45, 2.75) is 32.9 Å². The lowest BCUT2D eigenvalue weighted by Gasteiger charge is -2.14. The molecule has 0 spiro atoms. The van der Waals surface area contributed by atoms with Crippen molar-refractivity contribution in [1.29, 1.82) is 0 Å². The predicted octanol–water partition coefficient (Wildman–Crippen LogP) is 3.59. The highest BCUT2D eigenvalue weighted by Gasteiger charge is 2.04. The molecule has 0 aliphatic rings. The molecule has 0 saturated heterocycles. The summed E-state index contributed by atoms with van der Waals surface area (Å²) in [6.07, 6.45) is 1.14. The van der Waals surface area contributed by atoms with Crippen LogP contribution in [0.4, 0.5) is 5.69 Å². The first-order chi connectivity index (χ1) is 11.2. The zero-order chi connectivity index (χ0) is 16.5. The Hall–Kier alpha value is -2.49. The van der Waals surface area contributed by atoms with E-state index in [1.165, 1.54) is 0 Å². The summed E-state index contributed by atoms with van der Waals surface area (Å²) in [5.74, 6) is 0.774. The van der Waals surface area contributed by atoms with Gasteiger partial charge in [0, 0.05) is 18.3 Å². The fourth-order valence-corrected chi connectivity index (χ4v) is 2.04. The number of ether oxygens (including phenoxy) is 1. The number of nitrogens with one attached hydrogen (secondary N) is 2. The molecule has 122 valence electrons. The van der Waals surface area contributed by atoms with Crippen molar-refractivity contribution in [2.24, 2.45) is 0 Å². The van der Waals surface area contributed by atoms with Gasteiger partial charge >= 0.3 is 0 Å². The summed E-state index contributed by atoms with van der Waals surface area (Å²) in [6.45, 7) is 4.90. The van der Waals surface area contributed by atoms with Crippen molar-refractivity contribution in [3.8, 4) is 5.75 Å². The first-order valence-electron chi connectivity index (χ1n) is 7.98. The molecule has 2 rings (SSSR count). The van der Waals surface area contributed by atoms with Gasteiger partial charge in [-0.25, -0.2) is 0 Å². The molecule has 2 N–H and O–H groups in total. The van der Waals surface area contributed by atoms with Crippen LogP contribution in [-0.2, 0) is 11.3 Å². The molecule has 0 saturated carbocycles. The summed E-state index contributed by atoms with van der Waals surface area (Å²) < 4.78 is 5.78. The fraction of sp³-hybridized carbons (Fsp3) is 0.316. The molecule has 1 amide bonds. The van der Waals surface area contributed by atoms with E-state index in [9.17, 15) is 4.79 Å². The summed E-state index contributed by atoms with van der Waals surface area (Å²) in [4.78, 5) is 11.9. The maximum Gasteiger partial charge on any atom is 0.239 e. The van der Waals surface area contributed by atoms with Crippen LogP contribution in [0.1, 0.15) is 25.8 Å². The molecule has 2 aromatic carbocycles. The van der Waals surface area contributed by atoms with Crippen LogP contribution in [0.3, 0.4) is 0 Å². The van der Waals surface area contributed by atoms with Gasteiger partial charge in [0.2, 0.25) is 5.91 Å². The Kier molecular flexibility index (Phi) is 6.48. The van der Waals surface area contributed by atoms with Crippen LogP contribution in [0.15, 0.2) is 54.6 Å². The Balaban J connectivity index is 1.78. The van der Waals surface area contributed by atoms with Gasteiger partial charge in [-0.3, -0.25) is 4.79 Å². The highest BCUT2D eigenvalue weighted by Crippen LogP contribution is 2.19. The molecule has 23 heavy (non-hydrogen) atoms. The average molecular weight is 312 g/mol. The molecule has 0 radical (unpaired) electrons. The van der Waals surface area contributed by atoms with Gasteiger partial charge in [0.1, 0.15) is 5.75 Å². The van der Waals surface area contributed by atoms with E-state index < -0.39 is 0 Å². The topological polar surface area (TPSA) is 50.4 Å². The third-order valence-electron chi connectivity index (χ3n) is 3.53. The number of benzene rings is 2. The monoisotopic (exact) mass is 312 g/mol. The largest absolute Gasteiger partial charge is 0.491 e. The van der Waals surface area contributed by atoms with Crippen LogP contribution in [-0.4, -0.2) is 18.6 Å². The van der Waals surface area contributed by atoms with Crippen LogP contribution < -0.4 is 15.4 Å². The smallest absolute Gasteiger partial charge is 0.239 e. The summed E-state index contributed by atoms with van der Waals surface area (Å²) in [6, 6.07) is 17.5. The highest BCUT2D eigenvalue weighted by molar-refractivity contribution is 5.80. The van der Waals surface area contributed by atoms with Gasteiger partial charge in [0.25, 0.3) is 0 Å². The van der Waals surface area contributed by atoms with E-state index in [0.717, 1.165) is 23.4 Å². The van der Waals surface area contributed by atoms with E-state index in [1.807, 2.05) is 61.5 Å². The minimum Gasteiger partial charge on any atom is -0.491 e. The summed E-state index contributed by atoms with van der Waals surface area (Å²) in [5.41, 5.74) is 1.96. The lowest BCUT2D eigenvalue weighted by Crippen LogP contribution is -2.29. The number of amides is 1. The van der Waals surface area contributed by atoms with E-state index >= 15 is 0 Å². The molecule has 0 aliphatic heterocycles. The standard InChI is InChI=1S/C19H24N2O2/c1-3-15(2)23-18-11-7-10-17(12-18)20-14-19(22)21-13-16-8-5-4-6-9-16/h4-12,15,20H,3,13-14H2,1-2H3,(H,21,22). The maximum atomic E-state index is 11.9. The molecule has 0 aliphatic carbocycles. The van der Waals surface area contributed by atoms with Crippen molar-refractivity contribution < 1.29 is 9.53 Å². The molecule has 0 heterocycles. The van der Waals surface area contributed by atoms with E-state index in [1.54, 1.807) is 0 Å². The number of rotatable bonds is 8. The van der Waals surface area contributed by atoms with E-state index in [-0.39, 0.29) is 18.6 Å². The molecule has 1 unspecified atom stereocenters. The van der Waals surface area contributed by atoms with Crippen molar-refractivity contribution >= 4 is 11.6 Å². The summed E-state index contributed by atoms with van der Waals surface area (Å²) >= 11 is 0. The Morgan fingerprint density at radius 1 is 1.13 bits per heavy atom. The quantitative estimate of drug-likeness (QED) is 0.783. The van der Waals surface area contributed by atoms with Gasteiger partial charge < -0.3 is 15.4 Å². The third kappa shape index (κ3) is 6.02. The second-order valence-electron chi connectivity index (χ2n) is 5.48. The normalized spacial score (nSPS) is 11.6. The van der Waals surface area contributed by atoms with E-state index in [4.69, 9.17) is 4.74 Å². The molecular formula is C19H24N2O2. The van der Waals surface area contributed by atoms with E-state index in [2.05, 4.69) is 17.6 Å². The first kappa shape index (κ1) is 16.9. The molecule has 2 aromatic rings. The zero-order valence-electron chi connectivity index (χ0n) is 13.7. The van der Waals surface area contributed by atoms with Crippen LogP contribution in [0.5, 0.6) is 5.75 Å². The Bertz CT molecular complexity index is 614. The molecular weight excluding hydrogens is 288 g/mol. The SMILES string of the molecule is CCC(C)Oc1cccc(NCC(=O)NCc2ccccc2)c1. The minimum absolute atomic E-state index is 0.0397. The second kappa shape index (κ2) is 8.83. The Morgan fingerprint density at radius 2 is 1.91 bits per heavy atom. The van der Waals surface area contributed by atoms with Crippen LogP contribution in [0.25, 0.3) is 0 Å². The Labute approximate surface area is 137 Å². The maximum absolute atomic E-state index is 11.9. The van der Waals surface area contributed by atoms with Gasteiger partial charge in [-0.2, -0.15) is 0 Å². The summed E-state index contributed by atoms with van der Waals surface area (Å²) in [5, 5.41) is 6.01. The highest BCUT2D eigenvalue weighted by atomic mass is 16.5. The second-order valence-corrected chi connectivity index (χ2v) is 5.48. The predicted molar refractivity (Wildman–Crippen MR) is 93.6 cm³/mol. The van der Waals surface area contributed by atoms with Gasteiger partial charge in [-0.1, -0.05) is 43.3 Å². The number of carbonyl (C=O) groups excluding carboxylic acids is 1. The first-order valence-corrected chi connectivity index (χ1v) is 7.98. The summed E-state index contributed by atoms with van der Waals surface area (Å²) in [7, 11) is 0. The number of anilines is 1. The van der Waals surface area contributed by atoms with Gasteiger partial charge in [-0.05, 0) is 31.0 Å². The average Bonchev–Trinajstić information content (AvgIpc) is 2.59. The lowest BCUT2D eigenvalue weighted by atomic mass is 10.2. The van der Waals surface area contributed by atoms with Crippen molar-refractivity contribution in [3.05, 3.63) is 60.2 Å². The van der Waals surface area contributed by atoms with Crippen molar-refractivity contribution in [3.63, 3.8) is 0 Å². The van der Waals surface area contributed by atoms with Crippen molar-refractivity contribution in [1.82, 2.24) is 5.32 Å².